The summed E-state index contributed by atoms with van der Waals surface area (Å²) in [6.07, 6.45) is 0. The molecule has 0 radical (unpaired) electrons. The van der Waals surface area contributed by atoms with Gasteiger partial charge in [0, 0.05) is 7.05 Å². The summed E-state index contributed by atoms with van der Waals surface area (Å²) in [7, 11) is 1.46. The molecule has 0 aromatic heterocycles. The number of carbonyl (C=O) groups excluding carboxylic acids is 2. The lowest BCUT2D eigenvalue weighted by Gasteiger charge is -2.56. The van der Waals surface area contributed by atoms with Gasteiger partial charge in [0.1, 0.15) is 5.60 Å². The van der Waals surface area contributed by atoms with E-state index in [2.05, 4.69) is 0 Å². The Morgan fingerprint density at radius 3 is 1.79 bits per heavy atom. The van der Waals surface area contributed by atoms with Crippen LogP contribution in [0.3, 0.4) is 0 Å². The fraction of sp³-hybridized carbons (Fsp3) is 0.263. The maximum Gasteiger partial charge on any atom is 0.236 e. The highest BCUT2D eigenvalue weighted by atomic mass is 16.3. The predicted octanol–water partition coefficient (Wildman–Crippen LogP) is 0.683. The summed E-state index contributed by atoms with van der Waals surface area (Å²) < 4.78 is 0. The second-order valence-electron chi connectivity index (χ2n) is 6.92. The van der Waals surface area contributed by atoms with Crippen molar-refractivity contribution < 1.29 is 14.7 Å². The van der Waals surface area contributed by atoms with Crippen molar-refractivity contribution in [2.24, 2.45) is 17.6 Å². The number of rotatable bonds is 0. The van der Waals surface area contributed by atoms with Crippen LogP contribution in [-0.4, -0.2) is 28.9 Å². The van der Waals surface area contributed by atoms with Crippen molar-refractivity contribution in [3.63, 3.8) is 0 Å². The van der Waals surface area contributed by atoms with Crippen LogP contribution in [-0.2, 0) is 20.7 Å². The molecule has 24 heavy (non-hydrogen) atoms. The highest BCUT2D eigenvalue weighted by Crippen LogP contribution is 2.63. The van der Waals surface area contributed by atoms with Crippen molar-refractivity contribution in [3.8, 4) is 0 Å². The van der Waals surface area contributed by atoms with E-state index in [0.717, 1.165) is 16.0 Å². The van der Waals surface area contributed by atoms with Crippen LogP contribution in [0.2, 0.25) is 0 Å². The van der Waals surface area contributed by atoms with E-state index < -0.39 is 23.0 Å². The standard InChI is InChI=1S/C19H16N2O3/c1-21-16(22)14-15(17(21)23)19(24)12-8-4-2-6-10(12)18(14,20)11-7-3-5-9-13(11)19/h2-9,14-15,24H,20H2,1H3/t14-,15+,18?,19?/m1/s1. The van der Waals surface area contributed by atoms with Gasteiger partial charge in [-0.1, -0.05) is 48.5 Å². The molecule has 1 aliphatic heterocycles. The molecular weight excluding hydrogens is 304 g/mol. The highest BCUT2D eigenvalue weighted by Gasteiger charge is 2.71. The average Bonchev–Trinajstić information content (AvgIpc) is 2.85. The highest BCUT2D eigenvalue weighted by molar-refractivity contribution is 6.08. The number of hydrogen-bond donors (Lipinski definition) is 2. The molecule has 6 rings (SSSR count). The minimum atomic E-state index is -1.53. The molecule has 0 unspecified atom stereocenters. The largest absolute Gasteiger partial charge is 0.379 e. The first-order valence-electron chi connectivity index (χ1n) is 7.96. The fourth-order valence-electron chi connectivity index (χ4n) is 5.00. The minimum Gasteiger partial charge on any atom is -0.379 e. The maximum absolute atomic E-state index is 12.8. The summed E-state index contributed by atoms with van der Waals surface area (Å²) in [6, 6.07) is 14.6. The molecule has 2 atom stereocenters. The Morgan fingerprint density at radius 2 is 1.29 bits per heavy atom. The molecule has 2 amide bonds. The monoisotopic (exact) mass is 320 g/mol. The Morgan fingerprint density at radius 1 is 0.875 bits per heavy atom. The average molecular weight is 320 g/mol. The summed E-state index contributed by atoms with van der Waals surface area (Å²) in [6.45, 7) is 0. The minimum absolute atomic E-state index is 0.324. The first-order chi connectivity index (χ1) is 11.4. The quantitative estimate of drug-likeness (QED) is 0.699. The van der Waals surface area contributed by atoms with Crippen molar-refractivity contribution in [1.29, 1.82) is 0 Å². The number of amides is 2. The van der Waals surface area contributed by atoms with Gasteiger partial charge >= 0.3 is 0 Å². The smallest absolute Gasteiger partial charge is 0.236 e. The first-order valence-corrected chi connectivity index (χ1v) is 7.96. The summed E-state index contributed by atoms with van der Waals surface area (Å²) >= 11 is 0. The van der Waals surface area contributed by atoms with Gasteiger partial charge in [0.25, 0.3) is 0 Å². The Balaban J connectivity index is 1.98. The molecule has 3 N–H and O–H groups in total. The third-order valence-electron chi connectivity index (χ3n) is 6.03. The molecule has 2 bridgehead atoms. The Bertz CT molecular complexity index is 814. The number of aliphatic hydroxyl groups is 1. The molecule has 0 saturated carbocycles. The molecule has 5 nitrogen and oxygen atoms in total. The predicted molar refractivity (Wildman–Crippen MR) is 85.6 cm³/mol. The first kappa shape index (κ1) is 13.9. The maximum atomic E-state index is 12.8. The van der Waals surface area contributed by atoms with Crippen molar-refractivity contribution in [1.82, 2.24) is 4.90 Å². The number of carbonyl (C=O) groups is 2. The van der Waals surface area contributed by atoms with Crippen LogP contribution in [0.25, 0.3) is 0 Å². The number of imide groups is 1. The van der Waals surface area contributed by atoms with Crippen LogP contribution in [0.5, 0.6) is 0 Å². The van der Waals surface area contributed by atoms with E-state index >= 15 is 0 Å². The lowest BCUT2D eigenvalue weighted by atomic mass is 9.49. The van der Waals surface area contributed by atoms with E-state index in [1.54, 1.807) is 12.1 Å². The van der Waals surface area contributed by atoms with Gasteiger partial charge in [-0.15, -0.1) is 0 Å². The number of nitrogens with two attached hydrogens (primary N) is 1. The Kier molecular flexibility index (Phi) is 2.28. The third kappa shape index (κ3) is 1.17. The van der Waals surface area contributed by atoms with E-state index in [0.29, 0.717) is 11.1 Å². The van der Waals surface area contributed by atoms with Crippen LogP contribution >= 0.6 is 0 Å². The molecule has 0 spiro atoms. The van der Waals surface area contributed by atoms with E-state index in [9.17, 15) is 14.7 Å². The SMILES string of the molecule is CN1C(=O)[C@@H]2[C@H](C1=O)C1(N)c3ccccc3C2(O)c2ccccc21. The van der Waals surface area contributed by atoms with Gasteiger partial charge in [0.05, 0.1) is 17.4 Å². The Labute approximate surface area is 138 Å². The summed E-state index contributed by atoms with van der Waals surface area (Å²) in [4.78, 5) is 26.7. The molecule has 4 aliphatic rings. The zero-order chi connectivity index (χ0) is 16.9. The molecule has 1 saturated heterocycles. The number of likely N-dealkylation sites (tertiary alicyclic amines) is 1. The fourth-order valence-corrected chi connectivity index (χ4v) is 5.00. The van der Waals surface area contributed by atoms with Crippen LogP contribution in [0.15, 0.2) is 48.5 Å². The summed E-state index contributed by atoms with van der Waals surface area (Å²) in [5.41, 5.74) is 6.93. The molecule has 2 aromatic carbocycles. The van der Waals surface area contributed by atoms with Crippen LogP contribution in [0.1, 0.15) is 22.3 Å². The lowest BCUT2D eigenvalue weighted by Crippen LogP contribution is -2.65. The zero-order valence-electron chi connectivity index (χ0n) is 13.1. The lowest BCUT2D eigenvalue weighted by molar-refractivity contribution is -0.140. The third-order valence-corrected chi connectivity index (χ3v) is 6.03. The van der Waals surface area contributed by atoms with Crippen molar-refractivity contribution in [2.45, 2.75) is 11.1 Å². The molecule has 1 heterocycles. The number of nitrogens with zero attached hydrogens (tertiary/aromatic N) is 1. The van der Waals surface area contributed by atoms with Gasteiger partial charge in [-0.05, 0) is 22.3 Å². The van der Waals surface area contributed by atoms with Gasteiger partial charge in [-0.2, -0.15) is 0 Å². The second-order valence-corrected chi connectivity index (χ2v) is 6.92. The van der Waals surface area contributed by atoms with Crippen molar-refractivity contribution in [2.75, 3.05) is 7.05 Å². The normalized spacial score (nSPS) is 35.7. The second kappa shape index (κ2) is 3.94. The molecule has 2 aromatic rings. The van der Waals surface area contributed by atoms with Crippen molar-refractivity contribution >= 4 is 11.8 Å². The van der Waals surface area contributed by atoms with Crippen LogP contribution in [0, 0.1) is 11.8 Å². The molecule has 3 aliphatic carbocycles. The van der Waals surface area contributed by atoms with E-state index in [4.69, 9.17) is 5.73 Å². The molecule has 1 fully saturated rings. The molecular formula is C19H16N2O3. The Hall–Kier alpha value is -2.50. The van der Waals surface area contributed by atoms with Crippen LogP contribution < -0.4 is 5.73 Å². The van der Waals surface area contributed by atoms with Gasteiger partial charge < -0.3 is 10.8 Å². The topological polar surface area (TPSA) is 83.6 Å². The number of hydrogen-bond acceptors (Lipinski definition) is 4. The van der Waals surface area contributed by atoms with Crippen LogP contribution in [0.4, 0.5) is 0 Å². The van der Waals surface area contributed by atoms with E-state index in [1.807, 2.05) is 36.4 Å². The van der Waals surface area contributed by atoms with Crippen molar-refractivity contribution in [3.05, 3.63) is 70.8 Å². The summed E-state index contributed by atoms with van der Waals surface area (Å²) in [5, 5.41) is 11.8. The summed E-state index contributed by atoms with van der Waals surface area (Å²) in [5.74, 6) is -2.36. The van der Waals surface area contributed by atoms with Gasteiger partial charge in [-0.3, -0.25) is 14.5 Å². The zero-order valence-corrected chi connectivity index (χ0v) is 13.1. The van der Waals surface area contributed by atoms with Gasteiger partial charge in [0.15, 0.2) is 0 Å². The van der Waals surface area contributed by atoms with Gasteiger partial charge in [-0.25, -0.2) is 0 Å². The molecule has 120 valence electrons. The van der Waals surface area contributed by atoms with E-state index in [1.165, 1.54) is 7.05 Å². The number of benzene rings is 2. The molecule has 5 heteroatoms. The van der Waals surface area contributed by atoms with E-state index in [-0.39, 0.29) is 11.8 Å². The van der Waals surface area contributed by atoms with Gasteiger partial charge in [0.2, 0.25) is 11.8 Å².